The van der Waals surface area contributed by atoms with Crippen LogP contribution < -0.4 is 5.56 Å². The molecule has 13 heteroatoms. The maximum absolute atomic E-state index is 14.3. The smallest absolute Gasteiger partial charge is 0.282 e. The van der Waals surface area contributed by atoms with Crippen molar-refractivity contribution in [2.45, 2.75) is 13.8 Å². The first-order chi connectivity index (χ1) is 14.9. The van der Waals surface area contributed by atoms with Crippen molar-refractivity contribution in [2.24, 2.45) is 0 Å². The number of rotatable bonds is 3. The largest absolute Gasteiger partial charge is 0.294 e. The molecule has 1 N–H and O–H groups in total. The van der Waals surface area contributed by atoms with Gasteiger partial charge in [0.05, 0.1) is 5.56 Å². The van der Waals surface area contributed by atoms with Gasteiger partial charge in [0.1, 0.15) is 28.7 Å². The van der Waals surface area contributed by atoms with E-state index in [2.05, 4.69) is 0 Å². The van der Waals surface area contributed by atoms with Crippen molar-refractivity contribution in [1.29, 1.82) is 5.26 Å². The number of H-pyrrole nitrogens is 1. The third kappa shape index (κ3) is 2.98. The molecule has 32 heavy (non-hydrogen) atoms. The van der Waals surface area contributed by atoms with Crippen LogP contribution in [0.2, 0.25) is 0 Å². The van der Waals surface area contributed by atoms with Gasteiger partial charge in [0.15, 0.2) is 40.7 Å². The Morgan fingerprint density at radius 2 is 1.31 bits per heavy atom. The standard InChI is InChI=1S/C19H7F8N3O2/c1-4-9(20)8(13(24)14(25)10(4)21)18(31)7-5(2)29-30(19(7)32)17-15(26)11(22)6(3-28)12(23)16(17)27/h29H,1-2H3. The molecule has 0 amide bonds. The lowest BCUT2D eigenvalue weighted by Gasteiger charge is -2.09. The van der Waals surface area contributed by atoms with Gasteiger partial charge in [-0.2, -0.15) is 5.26 Å². The van der Waals surface area contributed by atoms with Crippen molar-refractivity contribution >= 4 is 5.78 Å². The molecule has 3 rings (SSSR count). The monoisotopic (exact) mass is 461 g/mol. The molecular formula is C19H7F8N3O2. The van der Waals surface area contributed by atoms with Crippen LogP contribution in [0.3, 0.4) is 0 Å². The van der Waals surface area contributed by atoms with Crippen molar-refractivity contribution in [1.82, 2.24) is 9.78 Å². The second-order valence-corrected chi connectivity index (χ2v) is 6.43. The average Bonchev–Trinajstić information content (AvgIpc) is 3.03. The molecule has 3 aromatic rings. The third-order valence-corrected chi connectivity index (χ3v) is 4.58. The van der Waals surface area contributed by atoms with Crippen LogP contribution in [0, 0.1) is 71.7 Å². The molecule has 166 valence electrons. The summed E-state index contributed by atoms with van der Waals surface area (Å²) in [7, 11) is 0. The summed E-state index contributed by atoms with van der Waals surface area (Å²) in [5, 5.41) is 10.5. The molecule has 0 saturated heterocycles. The van der Waals surface area contributed by atoms with Gasteiger partial charge in [-0.05, 0) is 13.8 Å². The molecule has 0 aliphatic carbocycles. The highest BCUT2D eigenvalue weighted by atomic mass is 19.2. The Morgan fingerprint density at radius 1 is 0.781 bits per heavy atom. The molecule has 0 spiro atoms. The van der Waals surface area contributed by atoms with E-state index in [0.717, 1.165) is 13.0 Å². The first-order valence-electron chi connectivity index (χ1n) is 8.31. The lowest BCUT2D eigenvalue weighted by atomic mass is 9.99. The van der Waals surface area contributed by atoms with E-state index in [9.17, 15) is 44.7 Å². The summed E-state index contributed by atoms with van der Waals surface area (Å²) >= 11 is 0. The quantitative estimate of drug-likeness (QED) is 0.277. The number of benzene rings is 2. The fourth-order valence-electron chi connectivity index (χ4n) is 2.96. The third-order valence-electron chi connectivity index (χ3n) is 4.58. The van der Waals surface area contributed by atoms with Gasteiger partial charge in [-0.25, -0.2) is 39.8 Å². The fraction of sp³-hybridized carbons (Fsp3) is 0.105. The lowest BCUT2D eigenvalue weighted by molar-refractivity contribution is 0.102. The number of aromatic amines is 1. The summed E-state index contributed by atoms with van der Waals surface area (Å²) in [6, 6.07) is 0.891. The molecule has 0 aliphatic rings. The minimum absolute atomic E-state index is 0.177. The summed E-state index contributed by atoms with van der Waals surface area (Å²) in [6.45, 7) is 1.60. The Balaban J connectivity index is 2.33. The van der Waals surface area contributed by atoms with Crippen LogP contribution in [0.4, 0.5) is 35.1 Å². The van der Waals surface area contributed by atoms with E-state index in [4.69, 9.17) is 5.26 Å². The predicted molar refractivity (Wildman–Crippen MR) is 90.1 cm³/mol. The number of aromatic nitrogens is 2. The minimum Gasteiger partial charge on any atom is -0.294 e. The number of hydrogen-bond acceptors (Lipinski definition) is 3. The maximum atomic E-state index is 14.3. The highest BCUT2D eigenvalue weighted by Gasteiger charge is 2.34. The number of nitrogens with one attached hydrogen (secondary N) is 1. The molecule has 0 radical (unpaired) electrons. The summed E-state index contributed by atoms with van der Waals surface area (Å²) in [6.07, 6.45) is 0. The highest BCUT2D eigenvalue weighted by Crippen LogP contribution is 2.28. The maximum Gasteiger partial charge on any atom is 0.282 e. The SMILES string of the molecule is Cc1[nH]n(-c2c(F)c(F)c(C#N)c(F)c2F)c(=O)c1C(=O)c1c(F)c(C)c(F)c(F)c1F. The number of ketones is 1. The zero-order valence-electron chi connectivity index (χ0n) is 15.7. The Morgan fingerprint density at radius 3 is 1.81 bits per heavy atom. The molecule has 0 saturated carbocycles. The number of carbonyl (C=O) groups is 1. The second-order valence-electron chi connectivity index (χ2n) is 6.43. The number of aryl methyl sites for hydroxylation is 1. The number of nitrogens with zero attached hydrogens (tertiary/aromatic N) is 2. The van der Waals surface area contributed by atoms with Gasteiger partial charge >= 0.3 is 0 Å². The molecule has 2 aromatic carbocycles. The van der Waals surface area contributed by atoms with Crippen LogP contribution in [0.15, 0.2) is 4.79 Å². The van der Waals surface area contributed by atoms with Crippen LogP contribution >= 0.6 is 0 Å². The fourth-order valence-corrected chi connectivity index (χ4v) is 2.96. The van der Waals surface area contributed by atoms with E-state index >= 15 is 0 Å². The van der Waals surface area contributed by atoms with Gasteiger partial charge in [-0.3, -0.25) is 14.7 Å². The first kappa shape index (κ1) is 22.7. The topological polar surface area (TPSA) is 78.7 Å². The summed E-state index contributed by atoms with van der Waals surface area (Å²) < 4.78 is 112. The highest BCUT2D eigenvalue weighted by molar-refractivity contribution is 6.10. The van der Waals surface area contributed by atoms with Crippen molar-refractivity contribution in [2.75, 3.05) is 0 Å². The normalized spacial score (nSPS) is 11.0. The molecule has 0 aliphatic heterocycles. The van der Waals surface area contributed by atoms with Crippen LogP contribution in [0.5, 0.6) is 0 Å². The second kappa shape index (κ2) is 7.63. The van der Waals surface area contributed by atoms with E-state index in [0.29, 0.717) is 6.92 Å². The van der Waals surface area contributed by atoms with E-state index in [1.165, 1.54) is 0 Å². The average molecular weight is 461 g/mol. The molecule has 5 nitrogen and oxygen atoms in total. The van der Waals surface area contributed by atoms with Gasteiger partial charge < -0.3 is 0 Å². The first-order valence-corrected chi connectivity index (χ1v) is 8.31. The predicted octanol–water partition coefficient (Wildman–Crippen LogP) is 4.00. The number of carbonyl (C=O) groups excluding carboxylic acids is 1. The van der Waals surface area contributed by atoms with E-state index in [1.807, 2.05) is 5.10 Å². The Bertz CT molecular complexity index is 1370. The van der Waals surface area contributed by atoms with Gasteiger partial charge in [0.2, 0.25) is 5.78 Å². The van der Waals surface area contributed by atoms with E-state index < -0.39 is 91.5 Å². The Kier molecular flexibility index (Phi) is 5.42. The Hall–Kier alpha value is -3.95. The summed E-state index contributed by atoms with van der Waals surface area (Å²) in [5.74, 6) is -18.8. The molecule has 1 heterocycles. The van der Waals surface area contributed by atoms with Crippen molar-refractivity contribution in [3.8, 4) is 11.8 Å². The van der Waals surface area contributed by atoms with Crippen molar-refractivity contribution < 1.29 is 39.9 Å². The van der Waals surface area contributed by atoms with Crippen LogP contribution in [0.1, 0.15) is 32.7 Å². The van der Waals surface area contributed by atoms with Crippen molar-refractivity contribution in [3.05, 3.63) is 84.8 Å². The Labute approximate surface area is 172 Å². The zero-order chi connectivity index (χ0) is 24.2. The van der Waals surface area contributed by atoms with Crippen molar-refractivity contribution in [3.63, 3.8) is 0 Å². The van der Waals surface area contributed by atoms with E-state index in [1.54, 1.807) is 0 Å². The van der Waals surface area contributed by atoms with Gasteiger partial charge in [-0.1, -0.05) is 0 Å². The number of hydrogen-bond donors (Lipinski definition) is 1. The van der Waals surface area contributed by atoms with Crippen LogP contribution in [-0.2, 0) is 0 Å². The van der Waals surface area contributed by atoms with Gasteiger partial charge in [0.25, 0.3) is 5.56 Å². The molecular weight excluding hydrogens is 454 g/mol. The summed E-state index contributed by atoms with van der Waals surface area (Å²) in [5.41, 5.74) is -9.59. The van der Waals surface area contributed by atoms with E-state index in [-0.39, 0.29) is 4.68 Å². The molecule has 1 aromatic heterocycles. The molecule has 0 atom stereocenters. The van der Waals surface area contributed by atoms with Gasteiger partial charge in [0, 0.05) is 11.3 Å². The number of halogens is 8. The molecule has 0 bridgehead atoms. The molecule has 0 fully saturated rings. The van der Waals surface area contributed by atoms with Gasteiger partial charge in [-0.15, -0.1) is 0 Å². The molecule has 0 unspecified atom stereocenters. The summed E-state index contributed by atoms with van der Waals surface area (Å²) in [4.78, 5) is 25.2. The van der Waals surface area contributed by atoms with Crippen LogP contribution in [-0.4, -0.2) is 15.6 Å². The zero-order valence-corrected chi connectivity index (χ0v) is 15.7. The lowest BCUT2D eigenvalue weighted by Crippen LogP contribution is -2.25. The number of nitriles is 1. The minimum atomic E-state index is -2.27. The van der Waals surface area contributed by atoms with Crippen LogP contribution in [0.25, 0.3) is 5.69 Å².